The fourth-order valence-corrected chi connectivity index (χ4v) is 4.17. The SMILES string of the molecule is O=C(CSc1nc2ccccc2c(=O)n1-c1ccccc1)Nc1ncc([N+](=O)[O-])s1. The van der Waals surface area contributed by atoms with Gasteiger partial charge in [0, 0.05) is 0 Å². The van der Waals surface area contributed by atoms with Crippen LogP contribution in [-0.2, 0) is 4.79 Å². The Hall–Kier alpha value is -3.57. The summed E-state index contributed by atoms with van der Waals surface area (Å²) >= 11 is 1.87. The number of carbonyl (C=O) groups excluding carboxylic acids is 1. The molecule has 0 unspecified atom stereocenters. The van der Waals surface area contributed by atoms with Gasteiger partial charge in [0.15, 0.2) is 10.3 Å². The van der Waals surface area contributed by atoms with Gasteiger partial charge in [-0.25, -0.2) is 9.97 Å². The quantitative estimate of drug-likeness (QED) is 0.211. The van der Waals surface area contributed by atoms with Gasteiger partial charge in [-0.3, -0.25) is 24.3 Å². The molecule has 2 aromatic carbocycles. The molecule has 11 heteroatoms. The Morgan fingerprint density at radius 1 is 1.17 bits per heavy atom. The zero-order chi connectivity index (χ0) is 21.1. The summed E-state index contributed by atoms with van der Waals surface area (Å²) in [5.74, 6) is -0.461. The molecule has 150 valence electrons. The van der Waals surface area contributed by atoms with E-state index in [4.69, 9.17) is 0 Å². The van der Waals surface area contributed by atoms with E-state index in [9.17, 15) is 19.7 Å². The van der Waals surface area contributed by atoms with Crippen molar-refractivity contribution in [2.24, 2.45) is 0 Å². The number of amides is 1. The van der Waals surface area contributed by atoms with E-state index >= 15 is 0 Å². The van der Waals surface area contributed by atoms with Crippen LogP contribution >= 0.6 is 23.1 Å². The monoisotopic (exact) mass is 439 g/mol. The van der Waals surface area contributed by atoms with Gasteiger partial charge in [-0.2, -0.15) is 0 Å². The molecular formula is C19H13N5O4S2. The number of nitrogens with one attached hydrogen (secondary N) is 1. The van der Waals surface area contributed by atoms with Crippen LogP contribution < -0.4 is 10.9 Å². The molecule has 2 aromatic heterocycles. The van der Waals surface area contributed by atoms with Crippen LogP contribution in [0.5, 0.6) is 0 Å². The standard InChI is InChI=1S/C19H13N5O4S2/c25-15(22-18-20-10-16(30-18)24(27)28)11-29-19-21-14-9-5-4-8-13(14)17(26)23(19)12-6-2-1-3-7-12/h1-10H,11H2,(H,20,22,25). The number of benzene rings is 2. The summed E-state index contributed by atoms with van der Waals surface area (Å²) in [7, 11) is 0. The second-order valence-corrected chi connectivity index (χ2v) is 7.94. The molecule has 0 radical (unpaired) electrons. The highest BCUT2D eigenvalue weighted by Crippen LogP contribution is 2.26. The van der Waals surface area contributed by atoms with E-state index in [0.717, 1.165) is 29.3 Å². The molecule has 30 heavy (non-hydrogen) atoms. The summed E-state index contributed by atoms with van der Waals surface area (Å²) in [4.78, 5) is 44.0. The third-order valence-corrected chi connectivity index (χ3v) is 5.81. The number of para-hydroxylation sites is 2. The van der Waals surface area contributed by atoms with Crippen molar-refractivity contribution in [1.29, 1.82) is 0 Å². The fourth-order valence-electron chi connectivity index (χ4n) is 2.71. The molecule has 0 fully saturated rings. The summed E-state index contributed by atoms with van der Waals surface area (Å²) < 4.78 is 1.47. The van der Waals surface area contributed by atoms with Gasteiger partial charge < -0.3 is 5.32 Å². The Labute approximate surface area is 177 Å². The molecule has 1 amide bonds. The summed E-state index contributed by atoms with van der Waals surface area (Å²) in [5, 5.41) is 14.1. The first kappa shape index (κ1) is 19.7. The van der Waals surface area contributed by atoms with Gasteiger partial charge in [0.25, 0.3) is 5.56 Å². The van der Waals surface area contributed by atoms with Crippen molar-refractivity contribution < 1.29 is 9.72 Å². The van der Waals surface area contributed by atoms with Crippen molar-refractivity contribution in [1.82, 2.24) is 14.5 Å². The lowest BCUT2D eigenvalue weighted by Gasteiger charge is -2.13. The number of hydrogen-bond acceptors (Lipinski definition) is 8. The van der Waals surface area contributed by atoms with Crippen molar-refractivity contribution in [2.45, 2.75) is 5.16 Å². The number of thiazole rings is 1. The molecule has 0 aliphatic carbocycles. The van der Waals surface area contributed by atoms with Crippen molar-refractivity contribution in [3.63, 3.8) is 0 Å². The molecule has 9 nitrogen and oxygen atoms in total. The molecular weight excluding hydrogens is 426 g/mol. The maximum atomic E-state index is 13.1. The Kier molecular flexibility index (Phi) is 5.55. The molecule has 0 bridgehead atoms. The van der Waals surface area contributed by atoms with E-state index < -0.39 is 10.8 Å². The third-order valence-electron chi connectivity index (χ3n) is 4.01. The van der Waals surface area contributed by atoms with Gasteiger partial charge in [-0.15, -0.1) is 0 Å². The van der Waals surface area contributed by atoms with Crippen molar-refractivity contribution in [2.75, 3.05) is 11.1 Å². The smallest absolute Gasteiger partial charge is 0.301 e. The number of anilines is 1. The molecule has 2 heterocycles. The summed E-state index contributed by atoms with van der Waals surface area (Å²) in [5.41, 5.74) is 0.942. The number of rotatable bonds is 6. The average Bonchev–Trinajstić information content (AvgIpc) is 3.22. The maximum Gasteiger partial charge on any atom is 0.345 e. The van der Waals surface area contributed by atoms with Crippen LogP contribution in [0.1, 0.15) is 0 Å². The predicted molar refractivity (Wildman–Crippen MR) is 115 cm³/mol. The highest BCUT2D eigenvalue weighted by Gasteiger charge is 2.16. The molecule has 4 rings (SSSR count). The van der Waals surface area contributed by atoms with Crippen LogP contribution in [0.3, 0.4) is 0 Å². The van der Waals surface area contributed by atoms with Crippen LogP contribution in [0.2, 0.25) is 0 Å². The lowest BCUT2D eigenvalue weighted by molar-refractivity contribution is -0.380. The first-order valence-electron chi connectivity index (χ1n) is 8.63. The second kappa shape index (κ2) is 8.43. The first-order chi connectivity index (χ1) is 14.5. The zero-order valence-electron chi connectivity index (χ0n) is 15.2. The van der Waals surface area contributed by atoms with Gasteiger partial charge in [0.1, 0.15) is 6.20 Å². The minimum Gasteiger partial charge on any atom is -0.301 e. The first-order valence-corrected chi connectivity index (χ1v) is 10.4. The van der Waals surface area contributed by atoms with Crippen LogP contribution in [0.4, 0.5) is 10.1 Å². The number of aromatic nitrogens is 3. The molecule has 0 saturated carbocycles. The van der Waals surface area contributed by atoms with E-state index in [0.29, 0.717) is 21.7 Å². The summed E-state index contributed by atoms with van der Waals surface area (Å²) in [6.07, 6.45) is 1.09. The lowest BCUT2D eigenvalue weighted by atomic mass is 10.2. The third kappa shape index (κ3) is 4.07. The van der Waals surface area contributed by atoms with Crippen molar-refractivity contribution in [3.8, 4) is 5.69 Å². The van der Waals surface area contributed by atoms with E-state index in [2.05, 4.69) is 15.3 Å². The van der Waals surface area contributed by atoms with E-state index in [1.807, 2.05) is 18.2 Å². The number of carbonyl (C=O) groups is 1. The van der Waals surface area contributed by atoms with Crippen molar-refractivity contribution >= 4 is 50.0 Å². The van der Waals surface area contributed by atoms with E-state index in [-0.39, 0.29) is 21.4 Å². The van der Waals surface area contributed by atoms with E-state index in [1.165, 1.54) is 4.57 Å². The molecule has 0 aliphatic rings. The predicted octanol–water partition coefficient (Wildman–Crippen LogP) is 3.48. The van der Waals surface area contributed by atoms with E-state index in [1.54, 1.807) is 36.4 Å². The number of thioether (sulfide) groups is 1. The molecule has 0 spiro atoms. The number of nitrogens with zero attached hydrogens (tertiary/aromatic N) is 4. The fraction of sp³-hybridized carbons (Fsp3) is 0.0526. The molecule has 0 saturated heterocycles. The second-order valence-electron chi connectivity index (χ2n) is 5.99. The van der Waals surface area contributed by atoms with Crippen LogP contribution in [0.25, 0.3) is 16.6 Å². The Bertz CT molecular complexity index is 1300. The van der Waals surface area contributed by atoms with Gasteiger partial charge in [0.2, 0.25) is 5.91 Å². The zero-order valence-corrected chi connectivity index (χ0v) is 16.9. The average molecular weight is 439 g/mol. The molecule has 4 aromatic rings. The Morgan fingerprint density at radius 2 is 1.90 bits per heavy atom. The topological polar surface area (TPSA) is 120 Å². The molecule has 0 aliphatic heterocycles. The van der Waals surface area contributed by atoms with Crippen LogP contribution in [0.15, 0.2) is 70.7 Å². The minimum absolute atomic E-state index is 0.0506. The van der Waals surface area contributed by atoms with Crippen molar-refractivity contribution in [3.05, 3.63) is 81.3 Å². The largest absolute Gasteiger partial charge is 0.345 e. The normalized spacial score (nSPS) is 10.8. The summed E-state index contributed by atoms with van der Waals surface area (Å²) in [6.45, 7) is 0. The van der Waals surface area contributed by atoms with Crippen LogP contribution in [-0.4, -0.2) is 31.1 Å². The van der Waals surface area contributed by atoms with Gasteiger partial charge in [-0.1, -0.05) is 42.1 Å². The maximum absolute atomic E-state index is 13.1. The van der Waals surface area contributed by atoms with Gasteiger partial charge in [-0.05, 0) is 35.6 Å². The number of hydrogen-bond donors (Lipinski definition) is 1. The lowest BCUT2D eigenvalue weighted by Crippen LogP contribution is -2.22. The highest BCUT2D eigenvalue weighted by atomic mass is 32.2. The molecule has 0 atom stereocenters. The number of fused-ring (bicyclic) bond motifs is 1. The molecule has 1 N–H and O–H groups in total. The summed E-state index contributed by atoms with van der Waals surface area (Å²) in [6, 6.07) is 16.1. The highest BCUT2D eigenvalue weighted by molar-refractivity contribution is 7.99. The Morgan fingerprint density at radius 3 is 2.63 bits per heavy atom. The minimum atomic E-state index is -0.570. The van der Waals surface area contributed by atoms with Gasteiger partial charge >= 0.3 is 5.00 Å². The van der Waals surface area contributed by atoms with Crippen LogP contribution in [0, 0.1) is 10.1 Å². The Balaban J connectivity index is 1.62. The van der Waals surface area contributed by atoms with Gasteiger partial charge in [0.05, 0.1) is 27.3 Å². The number of nitro groups is 1.